The van der Waals surface area contributed by atoms with E-state index in [2.05, 4.69) is 0 Å². The zero-order valence-corrected chi connectivity index (χ0v) is 10.5. The van der Waals surface area contributed by atoms with Gasteiger partial charge in [-0.05, 0) is 17.4 Å². The van der Waals surface area contributed by atoms with Crippen LogP contribution in [0.2, 0.25) is 0 Å². The Balaban J connectivity index is 2.22. The minimum absolute atomic E-state index is 0.0463. The van der Waals surface area contributed by atoms with Gasteiger partial charge >= 0.3 is 5.97 Å². The van der Waals surface area contributed by atoms with Crippen LogP contribution in [0.15, 0.2) is 36.4 Å². The second kappa shape index (κ2) is 4.74. The first kappa shape index (κ1) is 12.3. The van der Waals surface area contributed by atoms with Gasteiger partial charge in [0.05, 0.1) is 18.2 Å². The van der Waals surface area contributed by atoms with Gasteiger partial charge in [-0.3, -0.25) is 4.79 Å². The van der Waals surface area contributed by atoms with Crippen LogP contribution < -0.4 is 15.2 Å². The van der Waals surface area contributed by atoms with Crippen LogP contribution in [0.3, 0.4) is 0 Å². The second-order valence-corrected chi connectivity index (χ2v) is 4.56. The van der Waals surface area contributed by atoms with Gasteiger partial charge in [-0.2, -0.15) is 0 Å². The Morgan fingerprint density at radius 1 is 1.10 bits per heavy atom. The van der Waals surface area contributed by atoms with E-state index in [4.69, 9.17) is 9.84 Å². The van der Waals surface area contributed by atoms with E-state index in [0.29, 0.717) is 16.9 Å². The lowest BCUT2D eigenvalue weighted by molar-refractivity contribution is -0.136. The van der Waals surface area contributed by atoms with Crippen molar-refractivity contribution in [3.63, 3.8) is 0 Å². The number of phenols is 1. The van der Waals surface area contributed by atoms with Crippen molar-refractivity contribution >= 4 is 18.3 Å². The quantitative estimate of drug-likeness (QED) is 0.852. The maximum Gasteiger partial charge on any atom is 0.307 e. The molecule has 0 amide bonds. The number of aliphatic carboxylic acids is 1. The molecule has 20 heavy (non-hydrogen) atoms. The van der Waals surface area contributed by atoms with Crippen LogP contribution in [-0.4, -0.2) is 16.2 Å². The highest BCUT2D eigenvalue weighted by atomic mass is 16.5. The summed E-state index contributed by atoms with van der Waals surface area (Å²) in [5.74, 6) is -0.524. The first-order valence-corrected chi connectivity index (χ1v) is 6.15. The summed E-state index contributed by atoms with van der Waals surface area (Å²) in [4.78, 5) is 10.8. The van der Waals surface area contributed by atoms with Gasteiger partial charge in [0.2, 0.25) is 0 Å². The fourth-order valence-electron chi connectivity index (χ4n) is 2.21. The summed E-state index contributed by atoms with van der Waals surface area (Å²) in [5, 5.41) is 20.9. The van der Waals surface area contributed by atoms with Gasteiger partial charge in [-0.25, -0.2) is 0 Å². The molecule has 3 rings (SSSR count). The highest BCUT2D eigenvalue weighted by molar-refractivity contribution is 5.75. The number of rotatable bonds is 2. The van der Waals surface area contributed by atoms with Crippen molar-refractivity contribution in [2.75, 3.05) is 0 Å². The number of fused-ring (bicyclic) bond motifs is 2. The van der Waals surface area contributed by atoms with Crippen LogP contribution >= 0.6 is 0 Å². The molecule has 0 spiro atoms. The molecule has 4 nitrogen and oxygen atoms in total. The zero-order valence-electron chi connectivity index (χ0n) is 10.5. The zero-order chi connectivity index (χ0) is 14.1. The Bertz CT molecular complexity index is 806. The molecule has 1 aliphatic rings. The molecule has 2 aromatic rings. The number of hydrogen-bond acceptors (Lipinski definition) is 3. The van der Waals surface area contributed by atoms with Crippen LogP contribution in [0.25, 0.3) is 12.3 Å². The van der Waals surface area contributed by atoms with E-state index in [1.165, 1.54) is 0 Å². The minimum atomic E-state index is -0.984. The van der Waals surface area contributed by atoms with E-state index in [-0.39, 0.29) is 12.2 Å². The van der Waals surface area contributed by atoms with E-state index < -0.39 is 5.97 Å². The summed E-state index contributed by atoms with van der Waals surface area (Å²) in [6.07, 6.45) is 3.20. The third-order valence-corrected chi connectivity index (χ3v) is 3.21. The van der Waals surface area contributed by atoms with Gasteiger partial charge in [0.25, 0.3) is 0 Å². The molecule has 0 unspecified atom stereocenters. The molecule has 2 aromatic carbocycles. The summed E-state index contributed by atoms with van der Waals surface area (Å²) >= 11 is 0. The summed E-state index contributed by atoms with van der Waals surface area (Å²) in [7, 11) is 0. The van der Waals surface area contributed by atoms with Crippen LogP contribution in [-0.2, 0) is 11.2 Å². The van der Waals surface area contributed by atoms with Crippen LogP contribution in [0, 0.1) is 0 Å². The molecule has 1 aliphatic heterocycles. The van der Waals surface area contributed by atoms with Crippen molar-refractivity contribution in [2.45, 2.75) is 6.42 Å². The number of hydrogen-bond donors (Lipinski definition) is 2. The van der Waals surface area contributed by atoms with Gasteiger partial charge in [-0.15, -0.1) is 0 Å². The van der Waals surface area contributed by atoms with Gasteiger partial charge in [-0.1, -0.05) is 30.3 Å². The Kier molecular flexibility index (Phi) is 2.91. The van der Waals surface area contributed by atoms with Crippen molar-refractivity contribution in [3.05, 3.63) is 58.0 Å². The number of ether oxygens (including phenoxy) is 1. The third-order valence-electron chi connectivity index (χ3n) is 3.21. The second-order valence-electron chi connectivity index (χ2n) is 4.56. The number of carboxylic acids is 1. The lowest BCUT2D eigenvalue weighted by Crippen LogP contribution is -2.23. The normalized spacial score (nSPS) is 12.0. The Hall–Kier alpha value is -2.75. The lowest BCUT2D eigenvalue weighted by atomic mass is 10.0. The molecule has 0 aromatic heterocycles. The minimum Gasteiger partial charge on any atom is -0.507 e. The largest absolute Gasteiger partial charge is 0.507 e. The van der Waals surface area contributed by atoms with Gasteiger partial charge < -0.3 is 14.9 Å². The highest BCUT2D eigenvalue weighted by Gasteiger charge is 2.15. The van der Waals surface area contributed by atoms with Crippen molar-refractivity contribution in [2.24, 2.45) is 0 Å². The molecule has 0 radical (unpaired) electrons. The average Bonchev–Trinajstić information content (AvgIpc) is 2.61. The third kappa shape index (κ3) is 2.12. The molecule has 0 saturated heterocycles. The number of aromatic hydroxyl groups is 1. The van der Waals surface area contributed by atoms with Crippen molar-refractivity contribution in [1.82, 2.24) is 0 Å². The number of phenolic OH excluding ortho intramolecular Hbond substituents is 1. The van der Waals surface area contributed by atoms with E-state index in [0.717, 1.165) is 10.4 Å². The summed E-state index contributed by atoms with van der Waals surface area (Å²) in [6, 6.07) is 10.9. The molecule has 0 bridgehead atoms. The topological polar surface area (TPSA) is 66.8 Å². The number of carbonyl (C=O) groups is 1. The molecular formula is C16H12O4. The first-order valence-electron chi connectivity index (χ1n) is 6.15. The smallest absolute Gasteiger partial charge is 0.307 e. The predicted octanol–water partition coefficient (Wildman–Crippen LogP) is 0.978. The first-order chi connectivity index (χ1) is 9.65. The Labute approximate surface area is 114 Å². The maximum atomic E-state index is 10.8. The SMILES string of the molecule is O=C(O)Cc1ccc2c(c1O)C=c1ccccc1=CO2. The summed E-state index contributed by atoms with van der Waals surface area (Å²) in [5.41, 5.74) is 0.875. The number of carboxylic acid groups (broad SMARTS) is 1. The van der Waals surface area contributed by atoms with Gasteiger partial charge in [0, 0.05) is 10.8 Å². The standard InChI is InChI=1S/C16H12O4/c17-15(18)8-11-5-6-14-13(16(11)19)7-10-3-1-2-4-12(10)9-20-14/h1-7,9,19H,8H2,(H,17,18). The molecule has 0 fully saturated rings. The van der Waals surface area contributed by atoms with Crippen LogP contribution in [0.1, 0.15) is 11.1 Å². The Morgan fingerprint density at radius 2 is 1.85 bits per heavy atom. The maximum absolute atomic E-state index is 10.8. The molecular weight excluding hydrogens is 256 g/mol. The summed E-state index contributed by atoms with van der Waals surface area (Å²) < 4.78 is 5.55. The fraction of sp³-hybridized carbons (Fsp3) is 0.0625. The predicted molar refractivity (Wildman–Crippen MR) is 73.8 cm³/mol. The fourth-order valence-corrected chi connectivity index (χ4v) is 2.21. The highest BCUT2D eigenvalue weighted by Crippen LogP contribution is 2.33. The van der Waals surface area contributed by atoms with E-state index in [9.17, 15) is 9.90 Å². The molecule has 0 saturated carbocycles. The van der Waals surface area contributed by atoms with Crippen LogP contribution in [0.5, 0.6) is 11.5 Å². The lowest BCUT2D eigenvalue weighted by Gasteiger charge is -2.09. The average molecular weight is 268 g/mol. The molecule has 4 heteroatoms. The van der Waals surface area contributed by atoms with Crippen molar-refractivity contribution in [1.29, 1.82) is 0 Å². The van der Waals surface area contributed by atoms with Gasteiger partial charge in [0.15, 0.2) is 0 Å². The van der Waals surface area contributed by atoms with E-state index in [1.807, 2.05) is 24.3 Å². The van der Waals surface area contributed by atoms with Crippen LogP contribution in [0.4, 0.5) is 0 Å². The van der Waals surface area contributed by atoms with Crippen molar-refractivity contribution in [3.8, 4) is 11.5 Å². The molecule has 0 atom stereocenters. The van der Waals surface area contributed by atoms with Crippen molar-refractivity contribution < 1.29 is 19.7 Å². The van der Waals surface area contributed by atoms with E-state index >= 15 is 0 Å². The summed E-state index contributed by atoms with van der Waals surface area (Å²) in [6.45, 7) is 0. The monoisotopic (exact) mass is 268 g/mol. The molecule has 100 valence electrons. The van der Waals surface area contributed by atoms with Gasteiger partial charge in [0.1, 0.15) is 11.5 Å². The van der Waals surface area contributed by atoms with E-state index in [1.54, 1.807) is 24.5 Å². The molecule has 2 N–H and O–H groups in total. The Morgan fingerprint density at radius 3 is 2.60 bits per heavy atom. The molecule has 0 aliphatic carbocycles. The molecule has 1 heterocycles. The number of benzene rings is 2.